The van der Waals surface area contributed by atoms with Crippen molar-refractivity contribution in [2.45, 2.75) is 51.0 Å². The molecule has 3 N–H and O–H groups in total. The summed E-state index contributed by atoms with van der Waals surface area (Å²) in [7, 11) is 0. The van der Waals surface area contributed by atoms with Crippen LogP contribution in [0.3, 0.4) is 0 Å². The molecule has 4 aliphatic rings. The van der Waals surface area contributed by atoms with E-state index in [1.165, 1.54) is 32.4 Å². The molecular formula is C15H25N3OS. The van der Waals surface area contributed by atoms with Gasteiger partial charge in [0.1, 0.15) is 0 Å². The summed E-state index contributed by atoms with van der Waals surface area (Å²) in [4.78, 5) is 15.7. The number of hydrogen-bond acceptors (Lipinski definition) is 3. The zero-order valence-electron chi connectivity index (χ0n) is 12.1. The van der Waals surface area contributed by atoms with Crippen LogP contribution in [0.25, 0.3) is 0 Å². The van der Waals surface area contributed by atoms with Crippen molar-refractivity contribution in [2.75, 3.05) is 19.6 Å². The molecule has 112 valence electrons. The summed E-state index contributed by atoms with van der Waals surface area (Å²) in [6.45, 7) is 3.39. The zero-order valence-corrected chi connectivity index (χ0v) is 12.9. The van der Waals surface area contributed by atoms with Crippen molar-refractivity contribution in [3.63, 3.8) is 0 Å². The van der Waals surface area contributed by atoms with Crippen molar-refractivity contribution in [2.24, 2.45) is 17.1 Å². The summed E-state index contributed by atoms with van der Waals surface area (Å²) in [5.41, 5.74) is 5.37. The number of rotatable bonds is 3. The molecule has 1 amide bonds. The number of carbonyl (C=O) groups is 1. The third kappa shape index (κ3) is 2.46. The molecule has 20 heavy (non-hydrogen) atoms. The Morgan fingerprint density at radius 2 is 1.85 bits per heavy atom. The number of nitrogens with two attached hydrogens (primary N) is 1. The quantitative estimate of drug-likeness (QED) is 0.774. The van der Waals surface area contributed by atoms with Gasteiger partial charge in [0.15, 0.2) is 0 Å². The monoisotopic (exact) mass is 295 g/mol. The van der Waals surface area contributed by atoms with Crippen LogP contribution >= 0.6 is 12.2 Å². The van der Waals surface area contributed by atoms with E-state index < -0.39 is 5.41 Å². The molecule has 1 unspecified atom stereocenters. The molecule has 1 atom stereocenters. The van der Waals surface area contributed by atoms with Gasteiger partial charge in [0.05, 0.1) is 10.4 Å². The minimum atomic E-state index is -0.570. The molecule has 0 aromatic rings. The Morgan fingerprint density at radius 1 is 1.20 bits per heavy atom. The average Bonchev–Trinajstić information content (AvgIpc) is 2.49. The zero-order chi connectivity index (χ0) is 14.2. The van der Waals surface area contributed by atoms with Gasteiger partial charge < -0.3 is 16.0 Å². The normalized spacial score (nSPS) is 35.5. The highest BCUT2D eigenvalue weighted by Gasteiger charge is 2.44. The third-order valence-electron chi connectivity index (χ3n) is 5.59. The highest BCUT2D eigenvalue weighted by molar-refractivity contribution is 7.80. The van der Waals surface area contributed by atoms with Crippen LogP contribution in [-0.4, -0.2) is 41.5 Å². The number of piperidine rings is 3. The van der Waals surface area contributed by atoms with E-state index in [1.54, 1.807) is 0 Å². The van der Waals surface area contributed by atoms with E-state index in [0.29, 0.717) is 16.9 Å². The summed E-state index contributed by atoms with van der Waals surface area (Å²) >= 11 is 5.24. The van der Waals surface area contributed by atoms with Crippen LogP contribution in [-0.2, 0) is 4.79 Å². The molecule has 0 aromatic heterocycles. The number of thiocarbonyl (C=S) groups is 1. The van der Waals surface area contributed by atoms with Gasteiger partial charge in [-0.2, -0.15) is 0 Å². The minimum Gasteiger partial charge on any atom is -0.392 e. The molecule has 0 spiro atoms. The van der Waals surface area contributed by atoms with Gasteiger partial charge in [-0.3, -0.25) is 4.79 Å². The lowest BCUT2D eigenvalue weighted by molar-refractivity contribution is -0.131. The molecule has 1 saturated carbocycles. The van der Waals surface area contributed by atoms with Gasteiger partial charge >= 0.3 is 0 Å². The number of nitrogens with one attached hydrogen (secondary N) is 1. The second-order valence-corrected chi connectivity index (χ2v) is 7.16. The van der Waals surface area contributed by atoms with Crippen molar-refractivity contribution < 1.29 is 4.79 Å². The molecule has 2 bridgehead atoms. The summed E-state index contributed by atoms with van der Waals surface area (Å²) < 4.78 is 0. The van der Waals surface area contributed by atoms with Crippen molar-refractivity contribution in [1.82, 2.24) is 10.2 Å². The average molecular weight is 295 g/mol. The predicted octanol–water partition coefficient (Wildman–Crippen LogP) is 1.43. The lowest BCUT2D eigenvalue weighted by Crippen LogP contribution is -2.61. The van der Waals surface area contributed by atoms with E-state index in [9.17, 15) is 4.79 Å². The molecule has 1 aliphatic carbocycles. The van der Waals surface area contributed by atoms with Crippen LogP contribution in [0.15, 0.2) is 0 Å². The van der Waals surface area contributed by atoms with Crippen molar-refractivity contribution >= 4 is 23.1 Å². The number of nitrogens with zero attached hydrogens (tertiary/aromatic N) is 1. The van der Waals surface area contributed by atoms with Gasteiger partial charge in [0.2, 0.25) is 5.91 Å². The van der Waals surface area contributed by atoms with Crippen LogP contribution in [0.4, 0.5) is 0 Å². The van der Waals surface area contributed by atoms with Gasteiger partial charge in [-0.1, -0.05) is 31.5 Å². The summed E-state index contributed by atoms with van der Waals surface area (Å²) in [5, 5.41) is 3.29. The smallest absolute Gasteiger partial charge is 0.233 e. The Labute approximate surface area is 126 Å². The molecule has 3 heterocycles. The van der Waals surface area contributed by atoms with E-state index in [0.717, 1.165) is 32.2 Å². The van der Waals surface area contributed by atoms with Crippen LogP contribution in [0.5, 0.6) is 0 Å². The SMILES string of the molecule is NC(=S)C1(C(=O)NC2CN3CCC2CC3)CCCCC1. The Balaban J connectivity index is 1.69. The Bertz CT molecular complexity index is 398. The fourth-order valence-electron chi connectivity index (χ4n) is 4.18. The first kappa shape index (κ1) is 14.3. The van der Waals surface area contributed by atoms with Crippen molar-refractivity contribution in [3.05, 3.63) is 0 Å². The molecule has 3 aliphatic heterocycles. The van der Waals surface area contributed by atoms with Crippen LogP contribution in [0, 0.1) is 11.3 Å². The fourth-order valence-corrected chi connectivity index (χ4v) is 4.47. The summed E-state index contributed by atoms with van der Waals surface area (Å²) in [6.07, 6.45) is 7.40. The first-order valence-electron chi connectivity index (χ1n) is 7.95. The summed E-state index contributed by atoms with van der Waals surface area (Å²) in [6, 6.07) is 0.304. The number of amides is 1. The maximum absolute atomic E-state index is 12.8. The van der Waals surface area contributed by atoms with Crippen molar-refractivity contribution in [1.29, 1.82) is 0 Å². The van der Waals surface area contributed by atoms with E-state index in [2.05, 4.69) is 10.2 Å². The van der Waals surface area contributed by atoms with Crippen molar-refractivity contribution in [3.8, 4) is 0 Å². The first-order valence-corrected chi connectivity index (χ1v) is 8.36. The van der Waals surface area contributed by atoms with Crippen LogP contribution < -0.4 is 11.1 Å². The molecule has 4 nitrogen and oxygen atoms in total. The molecule has 0 radical (unpaired) electrons. The Hall–Kier alpha value is -0.680. The highest BCUT2D eigenvalue weighted by Crippen LogP contribution is 2.38. The third-order valence-corrected chi connectivity index (χ3v) is 5.98. The number of hydrogen-bond donors (Lipinski definition) is 2. The molecule has 3 saturated heterocycles. The lowest BCUT2D eigenvalue weighted by atomic mass is 9.72. The minimum absolute atomic E-state index is 0.100. The maximum atomic E-state index is 12.8. The topological polar surface area (TPSA) is 58.4 Å². The largest absolute Gasteiger partial charge is 0.392 e. The molecule has 4 fully saturated rings. The van der Waals surface area contributed by atoms with E-state index in [-0.39, 0.29) is 5.91 Å². The highest BCUT2D eigenvalue weighted by atomic mass is 32.1. The second kappa shape index (κ2) is 5.60. The molecular weight excluding hydrogens is 270 g/mol. The maximum Gasteiger partial charge on any atom is 0.233 e. The Kier molecular flexibility index (Phi) is 4.00. The van der Waals surface area contributed by atoms with Crippen LogP contribution in [0.2, 0.25) is 0 Å². The standard InChI is InChI=1S/C15H25N3OS/c16-13(20)15(6-2-1-3-7-15)14(19)17-12-10-18-8-4-11(12)5-9-18/h11-12H,1-10H2,(H2,16,20)(H,17,19). The predicted molar refractivity (Wildman–Crippen MR) is 83.4 cm³/mol. The van der Waals surface area contributed by atoms with E-state index in [4.69, 9.17) is 18.0 Å². The van der Waals surface area contributed by atoms with Gasteiger partial charge in [0.25, 0.3) is 0 Å². The van der Waals surface area contributed by atoms with Crippen LogP contribution in [0.1, 0.15) is 44.9 Å². The van der Waals surface area contributed by atoms with Gasteiger partial charge in [-0.15, -0.1) is 0 Å². The van der Waals surface area contributed by atoms with Gasteiger partial charge in [-0.25, -0.2) is 0 Å². The first-order chi connectivity index (χ1) is 9.62. The summed E-state index contributed by atoms with van der Waals surface area (Å²) in [5.74, 6) is 0.749. The molecule has 5 heteroatoms. The Morgan fingerprint density at radius 3 is 2.35 bits per heavy atom. The lowest BCUT2D eigenvalue weighted by Gasteiger charge is -2.46. The number of fused-ring (bicyclic) bond motifs is 3. The molecule has 4 rings (SSSR count). The van der Waals surface area contributed by atoms with E-state index in [1.807, 2.05) is 0 Å². The van der Waals surface area contributed by atoms with Gasteiger partial charge in [-0.05, 0) is 44.7 Å². The molecule has 0 aromatic carbocycles. The number of carbonyl (C=O) groups excluding carboxylic acids is 1. The second-order valence-electron chi connectivity index (χ2n) is 6.73. The van der Waals surface area contributed by atoms with Gasteiger partial charge in [0, 0.05) is 12.6 Å². The fraction of sp³-hybridized carbons (Fsp3) is 0.867. The van der Waals surface area contributed by atoms with E-state index >= 15 is 0 Å².